The molecule has 4 rings (SSSR count). The fourth-order valence-electron chi connectivity index (χ4n) is 3.77. The number of nitrogens with one attached hydrogen (secondary N) is 1. The number of imidazole rings is 1. The second-order valence-electron chi connectivity index (χ2n) is 6.91. The molecule has 1 aliphatic rings. The first-order valence-electron chi connectivity index (χ1n) is 8.96. The highest BCUT2D eigenvalue weighted by molar-refractivity contribution is 5.62. The van der Waals surface area contributed by atoms with E-state index in [2.05, 4.69) is 10.3 Å². The number of nitro groups is 1. The number of hydrogen-bond donors (Lipinski definition) is 1. The Morgan fingerprint density at radius 1 is 1.07 bits per heavy atom. The van der Waals surface area contributed by atoms with Gasteiger partial charge in [0.25, 0.3) is 5.69 Å². The van der Waals surface area contributed by atoms with Crippen molar-refractivity contribution in [2.24, 2.45) is 5.92 Å². The number of rotatable bonds is 4. The van der Waals surface area contributed by atoms with E-state index in [0.29, 0.717) is 17.1 Å². The van der Waals surface area contributed by atoms with Gasteiger partial charge < -0.3 is 14.7 Å². The predicted molar refractivity (Wildman–Crippen MR) is 101 cm³/mol. The van der Waals surface area contributed by atoms with Gasteiger partial charge in [-0.3, -0.25) is 10.1 Å². The van der Waals surface area contributed by atoms with Crippen LogP contribution in [-0.4, -0.2) is 20.8 Å². The molecule has 0 radical (unpaired) electrons. The first kappa shape index (κ1) is 19.6. The van der Waals surface area contributed by atoms with Crippen LogP contribution in [0.15, 0.2) is 60.9 Å². The molecule has 0 aliphatic carbocycles. The molecule has 10 heteroatoms. The smallest absolute Gasteiger partial charge is 0.348 e. The molecule has 154 valence electrons. The highest BCUT2D eigenvalue weighted by Crippen LogP contribution is 2.42. The summed E-state index contributed by atoms with van der Waals surface area (Å²) in [5.74, 6) is -0.244. The van der Waals surface area contributed by atoms with Crippen LogP contribution < -0.4 is 5.32 Å². The molecule has 1 aliphatic heterocycles. The van der Waals surface area contributed by atoms with E-state index < -0.39 is 34.7 Å². The zero-order valence-electron chi connectivity index (χ0n) is 15.3. The topological polar surface area (TPSA) is 90.1 Å². The summed E-state index contributed by atoms with van der Waals surface area (Å²) in [6.07, 6.45) is -0.504. The lowest BCUT2D eigenvalue weighted by Gasteiger charge is -2.38. The molecule has 2 aromatic carbocycles. The average molecular weight is 416 g/mol. The van der Waals surface area contributed by atoms with Crippen molar-refractivity contribution in [3.8, 4) is 0 Å². The third kappa shape index (κ3) is 3.40. The summed E-state index contributed by atoms with van der Waals surface area (Å²) in [4.78, 5) is 26.8. The van der Waals surface area contributed by atoms with Crippen LogP contribution in [-0.2, 0) is 11.0 Å². The number of fused-ring (bicyclic) bond motifs is 1. The Hall–Kier alpha value is -3.69. The SMILES string of the molecule is O=C[C@@H]1[C@@H](c2ccc([N+](=O)[O-])cc2)n2ccnc2N[C@H]1c1ccc(C(F)(F)F)cc1. The van der Waals surface area contributed by atoms with Gasteiger partial charge in [-0.2, -0.15) is 13.2 Å². The molecule has 3 aromatic rings. The van der Waals surface area contributed by atoms with Gasteiger partial charge in [0.2, 0.25) is 5.95 Å². The second-order valence-corrected chi connectivity index (χ2v) is 6.91. The largest absolute Gasteiger partial charge is 0.416 e. The van der Waals surface area contributed by atoms with Crippen molar-refractivity contribution in [3.63, 3.8) is 0 Å². The van der Waals surface area contributed by atoms with Gasteiger partial charge >= 0.3 is 6.18 Å². The summed E-state index contributed by atoms with van der Waals surface area (Å²) in [5, 5.41) is 14.1. The van der Waals surface area contributed by atoms with Gasteiger partial charge in [0.15, 0.2) is 0 Å². The summed E-state index contributed by atoms with van der Waals surface area (Å²) < 4.78 is 40.4. The molecule has 0 fully saturated rings. The third-order valence-corrected chi connectivity index (χ3v) is 5.20. The number of non-ortho nitro benzene ring substituents is 1. The Morgan fingerprint density at radius 2 is 1.70 bits per heavy atom. The summed E-state index contributed by atoms with van der Waals surface area (Å²) in [6.45, 7) is 0. The van der Waals surface area contributed by atoms with Gasteiger partial charge in [0.05, 0.1) is 28.5 Å². The van der Waals surface area contributed by atoms with Gasteiger partial charge in [0.1, 0.15) is 6.29 Å². The molecule has 0 spiro atoms. The van der Waals surface area contributed by atoms with Crippen molar-refractivity contribution in [2.45, 2.75) is 18.3 Å². The van der Waals surface area contributed by atoms with Crippen molar-refractivity contribution < 1.29 is 22.9 Å². The number of hydrogen-bond acceptors (Lipinski definition) is 5. The zero-order chi connectivity index (χ0) is 21.5. The van der Waals surface area contributed by atoms with Gasteiger partial charge in [-0.05, 0) is 23.3 Å². The number of carbonyl (C=O) groups is 1. The highest BCUT2D eigenvalue weighted by Gasteiger charge is 2.39. The molecule has 0 bridgehead atoms. The minimum absolute atomic E-state index is 0.0829. The quantitative estimate of drug-likeness (QED) is 0.387. The first-order valence-corrected chi connectivity index (χ1v) is 8.96. The van der Waals surface area contributed by atoms with E-state index in [1.807, 2.05) is 0 Å². The van der Waals surface area contributed by atoms with Gasteiger partial charge in [-0.25, -0.2) is 4.98 Å². The molecule has 2 heterocycles. The van der Waals surface area contributed by atoms with E-state index in [-0.39, 0.29) is 5.69 Å². The summed E-state index contributed by atoms with van der Waals surface area (Å²) in [7, 11) is 0. The Labute approximate surface area is 168 Å². The third-order valence-electron chi connectivity index (χ3n) is 5.20. The molecule has 1 aromatic heterocycles. The van der Waals surface area contributed by atoms with E-state index in [1.165, 1.54) is 30.5 Å². The number of alkyl halides is 3. The number of carbonyl (C=O) groups excluding carboxylic acids is 1. The molecular weight excluding hydrogens is 401 g/mol. The fourth-order valence-corrected chi connectivity index (χ4v) is 3.77. The maximum Gasteiger partial charge on any atom is 0.416 e. The second kappa shape index (κ2) is 7.29. The maximum atomic E-state index is 12.9. The zero-order valence-corrected chi connectivity index (χ0v) is 15.3. The van der Waals surface area contributed by atoms with E-state index in [4.69, 9.17) is 0 Å². The normalized spacial score (nSPS) is 20.8. The number of nitrogens with zero attached hydrogens (tertiary/aromatic N) is 3. The monoisotopic (exact) mass is 416 g/mol. The number of aldehydes is 1. The van der Waals surface area contributed by atoms with Crippen LogP contribution in [0.4, 0.5) is 24.8 Å². The standard InChI is InChI=1S/C20H15F3N4O3/c21-20(22,23)14-5-1-12(2-6-14)17-16(11-28)18(26-10-9-24-19(26)25-17)13-3-7-15(8-4-13)27(29)30/h1-11,16-18H,(H,24,25)/t16-,17-,18+/m0/s1. The highest BCUT2D eigenvalue weighted by atomic mass is 19.4. The Bertz CT molecular complexity index is 1080. The lowest BCUT2D eigenvalue weighted by Crippen LogP contribution is -2.37. The molecule has 3 atom stereocenters. The van der Waals surface area contributed by atoms with E-state index in [9.17, 15) is 28.1 Å². The molecule has 0 saturated heterocycles. The average Bonchev–Trinajstić information content (AvgIpc) is 3.20. The van der Waals surface area contributed by atoms with Crippen molar-refractivity contribution >= 4 is 17.9 Å². The molecule has 0 unspecified atom stereocenters. The predicted octanol–water partition coefficient (Wildman–Crippen LogP) is 4.38. The molecular formula is C20H15F3N4O3. The number of benzene rings is 2. The number of aromatic nitrogens is 2. The van der Waals surface area contributed by atoms with Gasteiger partial charge in [-0.1, -0.05) is 24.3 Å². The van der Waals surface area contributed by atoms with Crippen LogP contribution in [0.3, 0.4) is 0 Å². The van der Waals surface area contributed by atoms with Crippen molar-refractivity contribution in [2.75, 3.05) is 5.32 Å². The first-order chi connectivity index (χ1) is 14.3. The molecule has 0 amide bonds. The van der Waals surface area contributed by atoms with Crippen molar-refractivity contribution in [3.05, 3.63) is 87.7 Å². The Morgan fingerprint density at radius 3 is 2.27 bits per heavy atom. The fraction of sp³-hybridized carbons (Fsp3) is 0.200. The van der Waals surface area contributed by atoms with Crippen LogP contribution in [0.5, 0.6) is 0 Å². The number of anilines is 1. The van der Waals surface area contributed by atoms with Gasteiger partial charge in [0, 0.05) is 24.5 Å². The van der Waals surface area contributed by atoms with Crippen LogP contribution in [0, 0.1) is 16.0 Å². The Kier molecular flexibility index (Phi) is 4.76. The lowest BCUT2D eigenvalue weighted by molar-refractivity contribution is -0.384. The summed E-state index contributed by atoms with van der Waals surface area (Å²) >= 11 is 0. The van der Waals surface area contributed by atoms with Crippen LogP contribution in [0.2, 0.25) is 0 Å². The minimum atomic E-state index is -4.46. The maximum absolute atomic E-state index is 12.9. The van der Waals surface area contributed by atoms with E-state index >= 15 is 0 Å². The lowest BCUT2D eigenvalue weighted by atomic mass is 9.83. The summed E-state index contributed by atoms with van der Waals surface area (Å²) in [5.41, 5.74) is 0.287. The van der Waals surface area contributed by atoms with Crippen LogP contribution in [0.25, 0.3) is 0 Å². The minimum Gasteiger partial charge on any atom is -0.348 e. The molecule has 30 heavy (non-hydrogen) atoms. The molecule has 7 nitrogen and oxygen atoms in total. The molecule has 1 N–H and O–H groups in total. The number of nitro benzene ring substituents is 1. The van der Waals surface area contributed by atoms with Crippen molar-refractivity contribution in [1.82, 2.24) is 9.55 Å². The van der Waals surface area contributed by atoms with Crippen LogP contribution in [0.1, 0.15) is 28.8 Å². The Balaban J connectivity index is 1.75. The summed E-state index contributed by atoms with van der Waals surface area (Å²) in [6, 6.07) is 9.30. The van der Waals surface area contributed by atoms with Crippen LogP contribution >= 0.6 is 0 Å². The van der Waals surface area contributed by atoms with E-state index in [0.717, 1.165) is 18.4 Å². The van der Waals surface area contributed by atoms with Crippen molar-refractivity contribution in [1.29, 1.82) is 0 Å². The number of halogens is 3. The van der Waals surface area contributed by atoms with Gasteiger partial charge in [-0.15, -0.1) is 0 Å². The van der Waals surface area contributed by atoms with E-state index in [1.54, 1.807) is 22.9 Å². The molecule has 0 saturated carbocycles.